The van der Waals surface area contributed by atoms with Crippen molar-refractivity contribution in [3.8, 4) is 0 Å². The third-order valence-electron chi connectivity index (χ3n) is 3.55. The number of nitrogens with one attached hydrogen (secondary N) is 1. The van der Waals surface area contributed by atoms with Gasteiger partial charge in [-0.05, 0) is 26.7 Å². The van der Waals surface area contributed by atoms with Gasteiger partial charge in [-0.1, -0.05) is 12.8 Å². The molecule has 104 valence electrons. The molecule has 0 bridgehead atoms. The maximum Gasteiger partial charge on any atom is 0.278 e. The van der Waals surface area contributed by atoms with E-state index in [1.54, 1.807) is 13.8 Å². The zero-order valence-electron chi connectivity index (χ0n) is 11.3. The van der Waals surface area contributed by atoms with Gasteiger partial charge in [0.2, 0.25) is 0 Å². The molecule has 1 N–H and O–H groups in total. The Morgan fingerprint density at radius 3 is 2.79 bits per heavy atom. The highest BCUT2D eigenvalue weighted by molar-refractivity contribution is 5.47. The summed E-state index contributed by atoms with van der Waals surface area (Å²) in [7, 11) is 0. The Morgan fingerprint density at radius 1 is 1.47 bits per heavy atom. The van der Waals surface area contributed by atoms with Crippen LogP contribution in [0.5, 0.6) is 0 Å². The van der Waals surface area contributed by atoms with Gasteiger partial charge in [-0.2, -0.15) is 5.48 Å². The molecule has 0 aromatic carbocycles. The molecular weight excluding hydrogens is 246 g/mol. The first kappa shape index (κ1) is 13.9. The lowest BCUT2D eigenvalue weighted by molar-refractivity contribution is -0.386. The zero-order chi connectivity index (χ0) is 13.8. The number of rotatable bonds is 5. The van der Waals surface area contributed by atoms with Crippen molar-refractivity contribution in [2.45, 2.75) is 52.2 Å². The van der Waals surface area contributed by atoms with Crippen LogP contribution in [-0.2, 0) is 11.4 Å². The molecule has 0 saturated heterocycles. The van der Waals surface area contributed by atoms with Crippen LogP contribution in [-0.4, -0.2) is 16.0 Å². The monoisotopic (exact) mass is 265 g/mol. The first-order valence-corrected chi connectivity index (χ1v) is 6.57. The third-order valence-corrected chi connectivity index (χ3v) is 3.55. The summed E-state index contributed by atoms with van der Waals surface area (Å²) in [6.45, 7) is 3.82. The third kappa shape index (κ3) is 3.27. The van der Waals surface area contributed by atoms with E-state index >= 15 is 0 Å². The van der Waals surface area contributed by atoms with Crippen LogP contribution < -0.4 is 5.48 Å². The standard InChI is InChI=1S/C13H19N3O3/c1-9-7-14-12(10(2)13(9)16(17)18)8-15-19-11-5-3-4-6-11/h7,11,15H,3-6,8H2,1-2H3. The second-order valence-electron chi connectivity index (χ2n) is 4.96. The van der Waals surface area contributed by atoms with Crippen LogP contribution in [0.25, 0.3) is 0 Å². The fourth-order valence-electron chi connectivity index (χ4n) is 2.46. The van der Waals surface area contributed by atoms with Crippen LogP contribution >= 0.6 is 0 Å². The number of nitro groups is 1. The minimum absolute atomic E-state index is 0.146. The van der Waals surface area contributed by atoms with Gasteiger partial charge in [0.25, 0.3) is 5.69 Å². The maximum atomic E-state index is 11.0. The number of hydrogen-bond acceptors (Lipinski definition) is 5. The first-order chi connectivity index (χ1) is 9.09. The van der Waals surface area contributed by atoms with Gasteiger partial charge in [-0.15, -0.1) is 0 Å². The van der Waals surface area contributed by atoms with Gasteiger partial charge in [0.1, 0.15) is 0 Å². The molecule has 19 heavy (non-hydrogen) atoms. The molecule has 0 unspecified atom stereocenters. The van der Waals surface area contributed by atoms with Crippen molar-refractivity contribution in [3.63, 3.8) is 0 Å². The van der Waals surface area contributed by atoms with Crippen molar-refractivity contribution in [2.24, 2.45) is 0 Å². The topological polar surface area (TPSA) is 77.3 Å². The van der Waals surface area contributed by atoms with E-state index in [9.17, 15) is 10.1 Å². The molecule has 0 aliphatic heterocycles. The fourth-order valence-corrected chi connectivity index (χ4v) is 2.46. The van der Waals surface area contributed by atoms with Crippen molar-refractivity contribution in [1.29, 1.82) is 0 Å². The van der Waals surface area contributed by atoms with Crippen molar-refractivity contribution >= 4 is 5.69 Å². The summed E-state index contributed by atoms with van der Waals surface area (Å²) < 4.78 is 0. The second-order valence-corrected chi connectivity index (χ2v) is 4.96. The van der Waals surface area contributed by atoms with Gasteiger partial charge >= 0.3 is 0 Å². The van der Waals surface area contributed by atoms with Crippen molar-refractivity contribution in [3.05, 3.63) is 33.1 Å². The Bertz CT molecular complexity index is 470. The van der Waals surface area contributed by atoms with Gasteiger partial charge in [0.05, 0.1) is 23.3 Å². The summed E-state index contributed by atoms with van der Waals surface area (Å²) in [5.41, 5.74) is 4.88. The highest BCUT2D eigenvalue weighted by Gasteiger charge is 2.19. The van der Waals surface area contributed by atoms with Gasteiger partial charge in [0.15, 0.2) is 0 Å². The van der Waals surface area contributed by atoms with Crippen molar-refractivity contribution in [1.82, 2.24) is 10.5 Å². The second kappa shape index (κ2) is 6.08. The summed E-state index contributed by atoms with van der Waals surface area (Å²) in [6.07, 6.45) is 6.37. The van der Waals surface area contributed by atoms with E-state index in [0.29, 0.717) is 23.4 Å². The molecule has 1 heterocycles. The predicted octanol–water partition coefficient (Wildman–Crippen LogP) is 2.57. The molecule has 1 aromatic rings. The molecule has 2 rings (SSSR count). The van der Waals surface area contributed by atoms with E-state index in [4.69, 9.17) is 4.84 Å². The van der Waals surface area contributed by atoms with Crippen LogP contribution in [0.15, 0.2) is 6.20 Å². The molecule has 1 aromatic heterocycles. The summed E-state index contributed by atoms with van der Waals surface area (Å²) in [4.78, 5) is 20.4. The van der Waals surface area contributed by atoms with Crippen molar-refractivity contribution in [2.75, 3.05) is 0 Å². The van der Waals surface area contributed by atoms with Gasteiger partial charge < -0.3 is 0 Å². The maximum absolute atomic E-state index is 11.0. The number of aryl methyl sites for hydroxylation is 1. The largest absolute Gasteiger partial charge is 0.298 e. The van der Waals surface area contributed by atoms with Gasteiger partial charge in [-0.3, -0.25) is 19.9 Å². The molecule has 0 radical (unpaired) electrons. The number of aromatic nitrogens is 1. The average molecular weight is 265 g/mol. The summed E-state index contributed by atoms with van der Waals surface area (Å²) >= 11 is 0. The lowest BCUT2D eigenvalue weighted by atomic mass is 10.1. The Labute approximate surface area is 112 Å². The van der Waals surface area contributed by atoms with E-state index in [0.717, 1.165) is 12.8 Å². The smallest absolute Gasteiger partial charge is 0.278 e. The quantitative estimate of drug-likeness (QED) is 0.654. The Hall–Kier alpha value is -1.53. The molecule has 6 nitrogen and oxygen atoms in total. The SMILES string of the molecule is Cc1cnc(CNOC2CCCC2)c(C)c1[N+](=O)[O-]. The zero-order valence-corrected chi connectivity index (χ0v) is 11.3. The van der Waals surface area contributed by atoms with Crippen LogP contribution in [0.3, 0.4) is 0 Å². The van der Waals surface area contributed by atoms with Gasteiger partial charge in [0, 0.05) is 17.3 Å². The fraction of sp³-hybridized carbons (Fsp3) is 0.615. The Morgan fingerprint density at radius 2 is 2.16 bits per heavy atom. The number of pyridine rings is 1. The molecule has 1 fully saturated rings. The van der Waals surface area contributed by atoms with E-state index in [1.165, 1.54) is 19.0 Å². The Kier molecular flexibility index (Phi) is 4.44. The van der Waals surface area contributed by atoms with E-state index in [1.807, 2.05) is 0 Å². The summed E-state index contributed by atoms with van der Waals surface area (Å²) in [5.74, 6) is 0. The first-order valence-electron chi connectivity index (χ1n) is 6.57. The molecule has 0 spiro atoms. The van der Waals surface area contributed by atoms with Crippen LogP contribution in [0.2, 0.25) is 0 Å². The normalized spacial score (nSPS) is 15.9. The van der Waals surface area contributed by atoms with Crippen LogP contribution in [0.1, 0.15) is 42.5 Å². The average Bonchev–Trinajstić information content (AvgIpc) is 2.85. The molecule has 0 amide bonds. The van der Waals surface area contributed by atoms with E-state index in [-0.39, 0.29) is 16.7 Å². The highest BCUT2D eigenvalue weighted by atomic mass is 16.7. The summed E-state index contributed by atoms with van der Waals surface area (Å²) in [6, 6.07) is 0. The molecular formula is C13H19N3O3. The molecule has 6 heteroatoms. The van der Waals surface area contributed by atoms with Crippen molar-refractivity contribution < 1.29 is 9.76 Å². The highest BCUT2D eigenvalue weighted by Crippen LogP contribution is 2.24. The van der Waals surface area contributed by atoms with E-state index in [2.05, 4.69) is 10.5 Å². The Balaban J connectivity index is 2.00. The lowest BCUT2D eigenvalue weighted by Gasteiger charge is -2.12. The van der Waals surface area contributed by atoms with E-state index < -0.39 is 0 Å². The van der Waals surface area contributed by atoms with Crippen LogP contribution in [0.4, 0.5) is 5.69 Å². The van der Waals surface area contributed by atoms with Crippen LogP contribution in [0, 0.1) is 24.0 Å². The predicted molar refractivity (Wildman–Crippen MR) is 70.5 cm³/mol. The number of nitrogens with zero attached hydrogens (tertiary/aromatic N) is 2. The molecule has 1 aliphatic rings. The molecule has 1 saturated carbocycles. The minimum atomic E-state index is -0.353. The molecule has 0 atom stereocenters. The molecule has 1 aliphatic carbocycles. The lowest BCUT2D eigenvalue weighted by Crippen LogP contribution is -2.22. The minimum Gasteiger partial charge on any atom is -0.298 e. The number of hydroxylamine groups is 1. The summed E-state index contributed by atoms with van der Waals surface area (Å²) in [5, 5.41) is 11.0. The van der Waals surface area contributed by atoms with Gasteiger partial charge in [-0.25, -0.2) is 0 Å². The number of hydrogen-bond donors (Lipinski definition) is 1.